The summed E-state index contributed by atoms with van der Waals surface area (Å²) < 4.78 is 34.4. The molecule has 2 aromatic rings. The summed E-state index contributed by atoms with van der Waals surface area (Å²) in [4.78, 5) is 13.1. The molecule has 1 aliphatic rings. The average molecular weight is 414 g/mol. The highest BCUT2D eigenvalue weighted by molar-refractivity contribution is 7.86. The van der Waals surface area contributed by atoms with Crippen molar-refractivity contribution in [1.82, 2.24) is 13.9 Å². The average Bonchev–Trinajstić information content (AvgIpc) is 3.05. The molecule has 3 rings (SSSR count). The maximum atomic E-state index is 12.6. The van der Waals surface area contributed by atoms with Crippen molar-refractivity contribution < 1.29 is 23.1 Å². The van der Waals surface area contributed by atoms with E-state index in [9.17, 15) is 13.2 Å². The van der Waals surface area contributed by atoms with Gasteiger partial charge in [-0.2, -0.15) is 17.0 Å². The number of ether oxygens (including phenoxy) is 1. The number of rotatable bonds is 6. The second-order valence-corrected chi connectivity index (χ2v) is 9.52. The van der Waals surface area contributed by atoms with Crippen molar-refractivity contribution in [1.29, 1.82) is 0 Å². The number of amides is 1. The van der Waals surface area contributed by atoms with Gasteiger partial charge in [-0.1, -0.05) is 18.2 Å². The molecule has 1 amide bonds. The highest BCUT2D eigenvalue weighted by Gasteiger charge is 2.35. The summed E-state index contributed by atoms with van der Waals surface area (Å²) in [6.07, 6.45) is -0.542. The van der Waals surface area contributed by atoms with Crippen molar-refractivity contribution in [3.63, 3.8) is 0 Å². The van der Waals surface area contributed by atoms with Gasteiger partial charge in [0.25, 0.3) is 16.1 Å². The first-order valence-electron chi connectivity index (χ1n) is 8.56. The van der Waals surface area contributed by atoms with E-state index < -0.39 is 16.3 Å². The first-order chi connectivity index (χ1) is 12.9. The molecule has 1 aliphatic heterocycles. The van der Waals surface area contributed by atoms with Gasteiger partial charge in [0, 0.05) is 44.0 Å². The Morgan fingerprint density at radius 3 is 2.85 bits per heavy atom. The highest BCUT2D eigenvalue weighted by atomic mass is 32.2. The van der Waals surface area contributed by atoms with Crippen molar-refractivity contribution in [2.24, 2.45) is 0 Å². The summed E-state index contributed by atoms with van der Waals surface area (Å²) >= 11 is 1.34. The normalized spacial score (nSPS) is 18.9. The lowest BCUT2D eigenvalue weighted by atomic mass is 10.0. The van der Waals surface area contributed by atoms with E-state index in [1.165, 1.54) is 34.0 Å². The van der Waals surface area contributed by atoms with Gasteiger partial charge in [0.1, 0.15) is 0 Å². The molecule has 8 nitrogen and oxygen atoms in total. The van der Waals surface area contributed by atoms with Gasteiger partial charge in [-0.25, -0.2) is 0 Å². The fourth-order valence-electron chi connectivity index (χ4n) is 3.04. The third kappa shape index (κ3) is 4.00. The molecule has 1 aromatic heterocycles. The van der Waals surface area contributed by atoms with E-state index in [4.69, 9.17) is 9.84 Å². The highest BCUT2D eigenvalue weighted by Crippen LogP contribution is 2.38. The summed E-state index contributed by atoms with van der Waals surface area (Å²) in [7, 11) is -0.581. The minimum absolute atomic E-state index is 0.140. The number of nitrogens with one attached hydrogen (secondary N) is 1. The molecule has 1 fully saturated rings. The zero-order chi connectivity index (χ0) is 19.6. The summed E-state index contributed by atoms with van der Waals surface area (Å²) in [6.45, 7) is 0.659. The lowest BCUT2D eigenvalue weighted by Gasteiger charge is -2.34. The van der Waals surface area contributed by atoms with Crippen molar-refractivity contribution >= 4 is 37.5 Å². The quantitative estimate of drug-likeness (QED) is 0.730. The van der Waals surface area contributed by atoms with Crippen molar-refractivity contribution in [3.8, 4) is 0 Å². The Morgan fingerprint density at radius 1 is 1.41 bits per heavy atom. The maximum Gasteiger partial charge on any atom is 0.281 e. The Morgan fingerprint density at radius 2 is 2.15 bits per heavy atom. The van der Waals surface area contributed by atoms with Gasteiger partial charge in [0.05, 0.1) is 24.2 Å². The van der Waals surface area contributed by atoms with Crippen LogP contribution >= 0.6 is 11.3 Å². The molecule has 1 saturated heterocycles. The number of fused-ring (bicyclic) bond motifs is 1. The van der Waals surface area contributed by atoms with Gasteiger partial charge >= 0.3 is 0 Å². The lowest BCUT2D eigenvalue weighted by molar-refractivity contribution is -0.00324. The van der Waals surface area contributed by atoms with Crippen molar-refractivity contribution in [3.05, 3.63) is 34.7 Å². The van der Waals surface area contributed by atoms with Crippen molar-refractivity contribution in [2.45, 2.75) is 6.10 Å². The van der Waals surface area contributed by atoms with Crippen LogP contribution in [0.15, 0.2) is 24.3 Å². The number of hydrogen-bond acceptors (Lipinski definition) is 6. The van der Waals surface area contributed by atoms with Gasteiger partial charge < -0.3 is 15.2 Å². The Labute approximate surface area is 162 Å². The first-order valence-corrected chi connectivity index (χ1v) is 10.8. The zero-order valence-corrected chi connectivity index (χ0v) is 16.8. The van der Waals surface area contributed by atoms with Gasteiger partial charge in [0.15, 0.2) is 0 Å². The van der Waals surface area contributed by atoms with Crippen LogP contribution in [0, 0.1) is 0 Å². The second kappa shape index (κ2) is 8.21. The molecule has 1 atom stereocenters. The van der Waals surface area contributed by atoms with Crippen LogP contribution in [0.3, 0.4) is 0 Å². The SMILES string of the molecule is CN(C)S(=O)(=O)N1CCO[C@@H](c2c(C(=O)NCCO)sc3ccccc23)C1. The predicted molar refractivity (Wildman–Crippen MR) is 104 cm³/mol. The van der Waals surface area contributed by atoms with E-state index in [-0.39, 0.29) is 38.8 Å². The number of thiophene rings is 1. The van der Waals surface area contributed by atoms with Gasteiger partial charge in [-0.05, 0) is 11.5 Å². The standard InChI is InChI=1S/C17H23N3O5S2/c1-19(2)27(23,24)20-8-10-25-13(11-20)15-12-5-3-4-6-14(12)26-16(15)17(22)18-7-9-21/h3-6,13,21H,7-11H2,1-2H3,(H,18,22)/t13-/m1/s1. The van der Waals surface area contributed by atoms with E-state index in [0.29, 0.717) is 10.4 Å². The van der Waals surface area contributed by atoms with E-state index >= 15 is 0 Å². The van der Waals surface area contributed by atoms with Crippen molar-refractivity contribution in [2.75, 3.05) is 46.9 Å². The molecule has 0 bridgehead atoms. The summed E-state index contributed by atoms with van der Waals surface area (Å²) in [5.74, 6) is -0.295. The minimum atomic E-state index is -3.57. The summed E-state index contributed by atoms with van der Waals surface area (Å²) in [6, 6.07) is 7.60. The third-order valence-corrected chi connectivity index (χ3v) is 7.47. The molecule has 0 radical (unpaired) electrons. The molecule has 27 heavy (non-hydrogen) atoms. The number of aliphatic hydroxyl groups excluding tert-OH is 1. The molecule has 10 heteroatoms. The molecule has 0 spiro atoms. The predicted octanol–water partition coefficient (Wildman–Crippen LogP) is 0.803. The molecule has 1 aromatic carbocycles. The van der Waals surface area contributed by atoms with Crippen LogP contribution < -0.4 is 5.32 Å². The molecule has 148 valence electrons. The fourth-order valence-corrected chi connectivity index (χ4v) is 5.31. The van der Waals surface area contributed by atoms with Gasteiger partial charge in [-0.3, -0.25) is 4.79 Å². The van der Waals surface area contributed by atoms with Gasteiger partial charge in [0.2, 0.25) is 0 Å². The van der Waals surface area contributed by atoms with E-state index in [1.807, 2.05) is 24.3 Å². The van der Waals surface area contributed by atoms with Crippen LogP contribution in [0.2, 0.25) is 0 Å². The fraction of sp³-hybridized carbons (Fsp3) is 0.471. The van der Waals surface area contributed by atoms with E-state index in [2.05, 4.69) is 5.32 Å². The van der Waals surface area contributed by atoms with Crippen LogP contribution in [0.1, 0.15) is 21.3 Å². The van der Waals surface area contributed by atoms with E-state index in [1.54, 1.807) is 0 Å². The number of morpholine rings is 1. The topological polar surface area (TPSA) is 99.2 Å². The monoisotopic (exact) mass is 413 g/mol. The van der Waals surface area contributed by atoms with Crippen LogP contribution in [0.4, 0.5) is 0 Å². The number of carbonyl (C=O) groups is 1. The van der Waals surface area contributed by atoms with Gasteiger partial charge in [-0.15, -0.1) is 11.3 Å². The third-order valence-electron chi connectivity index (χ3n) is 4.38. The number of hydrogen-bond donors (Lipinski definition) is 2. The number of benzene rings is 1. The number of carbonyl (C=O) groups excluding carboxylic acids is 1. The molecule has 0 aliphatic carbocycles. The Kier molecular flexibility index (Phi) is 6.14. The summed E-state index contributed by atoms with van der Waals surface area (Å²) in [5.41, 5.74) is 0.699. The van der Waals surface area contributed by atoms with E-state index in [0.717, 1.165) is 10.1 Å². The van der Waals surface area contributed by atoms with Crippen LogP contribution in [0.5, 0.6) is 0 Å². The Balaban J connectivity index is 2.00. The summed E-state index contributed by atoms with van der Waals surface area (Å²) in [5, 5.41) is 12.5. The molecule has 0 saturated carbocycles. The second-order valence-electron chi connectivity index (χ2n) is 6.33. The van der Waals surface area contributed by atoms with Crippen LogP contribution in [-0.4, -0.2) is 75.0 Å². The molecular formula is C17H23N3O5S2. The Hall–Kier alpha value is -1.56. The first kappa shape index (κ1) is 20.2. The Bertz CT molecular complexity index is 926. The maximum absolute atomic E-state index is 12.6. The zero-order valence-electron chi connectivity index (χ0n) is 15.2. The largest absolute Gasteiger partial charge is 0.395 e. The molecule has 0 unspecified atom stereocenters. The number of aliphatic hydroxyl groups is 1. The van der Waals surface area contributed by atoms with Crippen LogP contribution in [0.25, 0.3) is 10.1 Å². The lowest BCUT2D eigenvalue weighted by Crippen LogP contribution is -2.47. The molecule has 2 N–H and O–H groups in total. The minimum Gasteiger partial charge on any atom is -0.395 e. The molecule has 2 heterocycles. The number of nitrogens with zero attached hydrogens (tertiary/aromatic N) is 2. The smallest absolute Gasteiger partial charge is 0.281 e. The molecular weight excluding hydrogens is 390 g/mol. The van der Waals surface area contributed by atoms with Crippen LogP contribution in [-0.2, 0) is 14.9 Å².